The standard InChI is InChI=1S/C26H26N2O3/c1-30-22-11-7-18(8-12-22)15-25(19-9-13-23(31-2)14-10-19)27-17-21-16-20-5-3-4-6-24(20)28-26(21)29/h3-14,16,25,27H,15,17H2,1-2H3,(H,28,29). The maximum Gasteiger partial charge on any atom is 0.252 e. The third-order valence-corrected chi connectivity index (χ3v) is 5.49. The molecule has 4 rings (SSSR count). The number of aromatic nitrogens is 1. The molecule has 1 unspecified atom stereocenters. The Bertz CT molecular complexity index is 1200. The molecule has 5 heteroatoms. The van der Waals surface area contributed by atoms with Gasteiger partial charge in [0.2, 0.25) is 0 Å². The lowest BCUT2D eigenvalue weighted by molar-refractivity contribution is 0.413. The van der Waals surface area contributed by atoms with E-state index >= 15 is 0 Å². The Kier molecular flexibility index (Phi) is 6.34. The van der Waals surface area contributed by atoms with Gasteiger partial charge in [0.25, 0.3) is 5.56 Å². The van der Waals surface area contributed by atoms with Crippen molar-refractivity contribution >= 4 is 10.9 Å². The summed E-state index contributed by atoms with van der Waals surface area (Å²) in [4.78, 5) is 15.5. The Labute approximate surface area is 181 Å². The van der Waals surface area contributed by atoms with Crippen molar-refractivity contribution in [3.05, 3.63) is 106 Å². The minimum atomic E-state index is -0.0656. The van der Waals surface area contributed by atoms with E-state index in [2.05, 4.69) is 34.6 Å². The maximum atomic E-state index is 12.6. The number of benzene rings is 3. The van der Waals surface area contributed by atoms with Crippen molar-refractivity contribution in [2.45, 2.75) is 19.0 Å². The van der Waals surface area contributed by atoms with Crippen LogP contribution >= 0.6 is 0 Å². The van der Waals surface area contributed by atoms with E-state index in [1.807, 2.05) is 54.6 Å². The molecule has 31 heavy (non-hydrogen) atoms. The molecule has 0 saturated heterocycles. The van der Waals surface area contributed by atoms with E-state index in [0.717, 1.165) is 34.4 Å². The SMILES string of the molecule is COc1ccc(CC(NCc2cc3ccccc3[nH]c2=O)c2ccc(OC)cc2)cc1. The Morgan fingerprint density at radius 1 is 0.871 bits per heavy atom. The summed E-state index contributed by atoms with van der Waals surface area (Å²) in [5.41, 5.74) is 3.81. The summed E-state index contributed by atoms with van der Waals surface area (Å²) in [6.07, 6.45) is 0.780. The average Bonchev–Trinajstić information content (AvgIpc) is 2.82. The molecule has 1 aromatic heterocycles. The maximum absolute atomic E-state index is 12.6. The van der Waals surface area contributed by atoms with Crippen LogP contribution in [0.15, 0.2) is 83.7 Å². The molecule has 5 nitrogen and oxygen atoms in total. The zero-order valence-electron chi connectivity index (χ0n) is 17.7. The molecule has 0 spiro atoms. The molecule has 0 radical (unpaired) electrons. The monoisotopic (exact) mass is 414 g/mol. The lowest BCUT2D eigenvalue weighted by atomic mass is 9.98. The smallest absolute Gasteiger partial charge is 0.252 e. The van der Waals surface area contributed by atoms with Gasteiger partial charge in [0.1, 0.15) is 11.5 Å². The van der Waals surface area contributed by atoms with Gasteiger partial charge in [-0.25, -0.2) is 0 Å². The van der Waals surface area contributed by atoms with E-state index in [4.69, 9.17) is 9.47 Å². The van der Waals surface area contributed by atoms with Gasteiger partial charge in [0, 0.05) is 23.7 Å². The summed E-state index contributed by atoms with van der Waals surface area (Å²) in [6, 6.07) is 25.9. The number of hydrogen-bond acceptors (Lipinski definition) is 4. The number of aromatic amines is 1. The van der Waals surface area contributed by atoms with E-state index < -0.39 is 0 Å². The number of rotatable bonds is 8. The topological polar surface area (TPSA) is 63.3 Å². The highest BCUT2D eigenvalue weighted by Crippen LogP contribution is 2.23. The van der Waals surface area contributed by atoms with Crippen LogP contribution in [0.4, 0.5) is 0 Å². The van der Waals surface area contributed by atoms with Crippen LogP contribution < -0.4 is 20.3 Å². The molecular formula is C26H26N2O3. The van der Waals surface area contributed by atoms with Crippen LogP contribution in [-0.2, 0) is 13.0 Å². The van der Waals surface area contributed by atoms with Gasteiger partial charge in [0.15, 0.2) is 0 Å². The van der Waals surface area contributed by atoms with Crippen LogP contribution in [0.5, 0.6) is 11.5 Å². The zero-order chi connectivity index (χ0) is 21.6. The minimum Gasteiger partial charge on any atom is -0.497 e. The first-order valence-corrected chi connectivity index (χ1v) is 10.3. The molecule has 4 aromatic rings. The van der Waals surface area contributed by atoms with Crippen LogP contribution in [0.1, 0.15) is 22.7 Å². The van der Waals surface area contributed by atoms with Crippen LogP contribution in [0, 0.1) is 0 Å². The lowest BCUT2D eigenvalue weighted by Crippen LogP contribution is -2.26. The first kappa shape index (κ1) is 20.7. The molecule has 1 heterocycles. The molecule has 0 bridgehead atoms. The van der Waals surface area contributed by atoms with Crippen molar-refractivity contribution in [1.82, 2.24) is 10.3 Å². The fraction of sp³-hybridized carbons (Fsp3) is 0.192. The van der Waals surface area contributed by atoms with E-state index in [0.29, 0.717) is 12.1 Å². The highest BCUT2D eigenvalue weighted by Gasteiger charge is 2.14. The average molecular weight is 415 g/mol. The minimum absolute atomic E-state index is 0.0326. The van der Waals surface area contributed by atoms with Gasteiger partial charge >= 0.3 is 0 Å². The number of nitrogens with one attached hydrogen (secondary N) is 2. The van der Waals surface area contributed by atoms with Gasteiger partial charge in [-0.2, -0.15) is 0 Å². The Morgan fingerprint density at radius 3 is 2.19 bits per heavy atom. The summed E-state index contributed by atoms with van der Waals surface area (Å²) in [5.74, 6) is 1.65. The van der Waals surface area contributed by atoms with Gasteiger partial charge < -0.3 is 19.8 Å². The van der Waals surface area contributed by atoms with Crippen molar-refractivity contribution in [2.75, 3.05) is 14.2 Å². The third-order valence-electron chi connectivity index (χ3n) is 5.49. The summed E-state index contributed by atoms with van der Waals surface area (Å²) in [5, 5.41) is 4.60. The summed E-state index contributed by atoms with van der Waals surface area (Å²) in [7, 11) is 3.33. The van der Waals surface area contributed by atoms with Crippen LogP contribution in [0.25, 0.3) is 10.9 Å². The highest BCUT2D eigenvalue weighted by molar-refractivity contribution is 5.78. The van der Waals surface area contributed by atoms with Crippen molar-refractivity contribution < 1.29 is 9.47 Å². The Hall–Kier alpha value is -3.57. The Morgan fingerprint density at radius 2 is 1.52 bits per heavy atom. The highest BCUT2D eigenvalue weighted by atomic mass is 16.5. The molecule has 0 aliphatic heterocycles. The predicted molar refractivity (Wildman–Crippen MR) is 124 cm³/mol. The predicted octanol–water partition coefficient (Wildman–Crippen LogP) is 4.62. The second kappa shape index (κ2) is 9.49. The van der Waals surface area contributed by atoms with Gasteiger partial charge in [-0.15, -0.1) is 0 Å². The van der Waals surface area contributed by atoms with Crippen LogP contribution in [0.3, 0.4) is 0 Å². The van der Waals surface area contributed by atoms with Gasteiger partial charge in [0.05, 0.1) is 14.2 Å². The molecule has 3 aromatic carbocycles. The van der Waals surface area contributed by atoms with E-state index in [1.54, 1.807) is 14.2 Å². The first-order valence-electron chi connectivity index (χ1n) is 10.3. The number of pyridine rings is 1. The summed E-state index contributed by atoms with van der Waals surface area (Å²) >= 11 is 0. The van der Waals surface area contributed by atoms with Crippen molar-refractivity contribution in [1.29, 1.82) is 0 Å². The fourth-order valence-electron chi connectivity index (χ4n) is 3.70. The largest absolute Gasteiger partial charge is 0.497 e. The normalized spacial score (nSPS) is 11.9. The van der Waals surface area contributed by atoms with Crippen molar-refractivity contribution in [2.24, 2.45) is 0 Å². The molecule has 0 saturated carbocycles. The van der Waals surface area contributed by atoms with Gasteiger partial charge in [-0.1, -0.05) is 42.5 Å². The van der Waals surface area contributed by atoms with E-state index in [1.165, 1.54) is 5.56 Å². The molecule has 1 atom stereocenters. The van der Waals surface area contributed by atoms with E-state index in [9.17, 15) is 4.79 Å². The van der Waals surface area contributed by atoms with Crippen molar-refractivity contribution in [3.63, 3.8) is 0 Å². The zero-order valence-corrected chi connectivity index (χ0v) is 17.7. The number of ether oxygens (including phenoxy) is 2. The molecule has 2 N–H and O–H groups in total. The molecule has 0 fully saturated rings. The van der Waals surface area contributed by atoms with Gasteiger partial charge in [-0.3, -0.25) is 4.79 Å². The number of methoxy groups -OCH3 is 2. The van der Waals surface area contributed by atoms with Crippen molar-refractivity contribution in [3.8, 4) is 11.5 Å². The molecule has 158 valence electrons. The quantitative estimate of drug-likeness (QED) is 0.442. The molecule has 0 aliphatic rings. The number of hydrogen-bond donors (Lipinski definition) is 2. The lowest BCUT2D eigenvalue weighted by Gasteiger charge is -2.20. The number of fused-ring (bicyclic) bond motifs is 1. The fourth-order valence-corrected chi connectivity index (χ4v) is 3.70. The number of H-pyrrole nitrogens is 1. The molecule has 0 amide bonds. The van der Waals surface area contributed by atoms with E-state index in [-0.39, 0.29) is 11.6 Å². The number of para-hydroxylation sites is 1. The van der Waals surface area contributed by atoms with Crippen LogP contribution in [0.2, 0.25) is 0 Å². The Balaban J connectivity index is 1.58. The second-order valence-corrected chi connectivity index (χ2v) is 7.47. The third kappa shape index (κ3) is 4.95. The second-order valence-electron chi connectivity index (χ2n) is 7.47. The summed E-state index contributed by atoms with van der Waals surface area (Å²) in [6.45, 7) is 0.465. The summed E-state index contributed by atoms with van der Waals surface area (Å²) < 4.78 is 10.6. The van der Waals surface area contributed by atoms with Gasteiger partial charge in [-0.05, 0) is 59.3 Å². The van der Waals surface area contributed by atoms with Crippen LogP contribution in [-0.4, -0.2) is 19.2 Å². The molecular weight excluding hydrogens is 388 g/mol. The molecule has 0 aliphatic carbocycles. The first-order chi connectivity index (χ1) is 15.2.